The van der Waals surface area contributed by atoms with E-state index in [4.69, 9.17) is 11.6 Å². The van der Waals surface area contributed by atoms with Crippen LogP contribution in [0.15, 0.2) is 28.9 Å². The largest absolute Gasteiger partial charge is 0.254 e. The van der Waals surface area contributed by atoms with Crippen molar-refractivity contribution < 1.29 is 0 Å². The average molecular weight is 368 g/mol. The number of fused-ring (bicyclic) bond motifs is 1. The summed E-state index contributed by atoms with van der Waals surface area (Å²) in [6, 6.07) is 6.02. The monoisotopic (exact) mass is 367 g/mol. The van der Waals surface area contributed by atoms with Crippen LogP contribution in [-0.4, -0.2) is 4.98 Å². The van der Waals surface area contributed by atoms with Crippen molar-refractivity contribution in [3.63, 3.8) is 0 Å². The van der Waals surface area contributed by atoms with Gasteiger partial charge in [0.1, 0.15) is 0 Å². The second-order valence-electron chi connectivity index (χ2n) is 2.56. The molecule has 2 rings (SSSR count). The van der Waals surface area contributed by atoms with Crippen LogP contribution in [-0.2, 0) is 0 Å². The van der Waals surface area contributed by atoms with Gasteiger partial charge in [0.2, 0.25) is 0 Å². The fourth-order valence-corrected chi connectivity index (χ4v) is 2.34. The SMILES string of the molecule is Clc1cnc2c(I)cccc2c1Br. The third kappa shape index (κ3) is 1.69. The Labute approximate surface area is 103 Å². The molecule has 0 bridgehead atoms. The van der Waals surface area contributed by atoms with E-state index in [1.165, 1.54) is 0 Å². The van der Waals surface area contributed by atoms with Crippen molar-refractivity contribution >= 4 is 61.0 Å². The minimum atomic E-state index is 0.648. The van der Waals surface area contributed by atoms with E-state index >= 15 is 0 Å². The van der Waals surface area contributed by atoms with Gasteiger partial charge in [-0.1, -0.05) is 23.7 Å². The number of aromatic nitrogens is 1. The highest BCUT2D eigenvalue weighted by Gasteiger charge is 2.05. The molecule has 0 atom stereocenters. The van der Waals surface area contributed by atoms with Crippen molar-refractivity contribution in [1.82, 2.24) is 4.98 Å². The molecule has 0 unspecified atom stereocenters. The molecule has 4 heteroatoms. The zero-order valence-electron chi connectivity index (χ0n) is 6.39. The van der Waals surface area contributed by atoms with Crippen LogP contribution in [0.25, 0.3) is 10.9 Å². The molecular formula is C9H4BrClIN. The molecule has 2 aromatic rings. The van der Waals surface area contributed by atoms with E-state index in [0.717, 1.165) is 18.9 Å². The van der Waals surface area contributed by atoms with Gasteiger partial charge in [-0.15, -0.1) is 0 Å². The molecule has 0 aliphatic heterocycles. The van der Waals surface area contributed by atoms with Crippen molar-refractivity contribution in [2.24, 2.45) is 0 Å². The fourth-order valence-electron chi connectivity index (χ4n) is 1.13. The molecule has 0 saturated carbocycles. The second-order valence-corrected chi connectivity index (χ2v) is 4.92. The smallest absolute Gasteiger partial charge is 0.0847 e. The van der Waals surface area contributed by atoms with Crippen molar-refractivity contribution in [2.45, 2.75) is 0 Å². The first-order valence-electron chi connectivity index (χ1n) is 3.58. The molecule has 0 fully saturated rings. The van der Waals surface area contributed by atoms with Crippen LogP contribution in [0.1, 0.15) is 0 Å². The van der Waals surface area contributed by atoms with E-state index in [2.05, 4.69) is 43.5 Å². The van der Waals surface area contributed by atoms with Crippen molar-refractivity contribution in [2.75, 3.05) is 0 Å². The summed E-state index contributed by atoms with van der Waals surface area (Å²) in [4.78, 5) is 4.27. The normalized spacial score (nSPS) is 10.7. The molecule has 1 nitrogen and oxygen atoms in total. The van der Waals surface area contributed by atoms with Gasteiger partial charge >= 0.3 is 0 Å². The number of nitrogens with zero attached hydrogens (tertiary/aromatic N) is 1. The molecule has 66 valence electrons. The van der Waals surface area contributed by atoms with Gasteiger partial charge in [0.25, 0.3) is 0 Å². The third-order valence-corrected chi connectivity index (χ3v) is 3.98. The Morgan fingerprint density at radius 1 is 1.38 bits per heavy atom. The standard InChI is InChI=1S/C9H4BrClIN/c10-8-5-2-1-3-7(12)9(5)13-4-6(8)11/h1-4H. The number of para-hydroxylation sites is 1. The zero-order valence-corrected chi connectivity index (χ0v) is 10.9. The Morgan fingerprint density at radius 2 is 2.15 bits per heavy atom. The number of hydrogen-bond donors (Lipinski definition) is 0. The van der Waals surface area contributed by atoms with Crippen LogP contribution in [0.2, 0.25) is 5.02 Å². The van der Waals surface area contributed by atoms with Crippen LogP contribution in [0.3, 0.4) is 0 Å². The lowest BCUT2D eigenvalue weighted by molar-refractivity contribution is 1.39. The number of halogens is 3. The lowest BCUT2D eigenvalue weighted by Crippen LogP contribution is -1.84. The van der Waals surface area contributed by atoms with Gasteiger partial charge in [-0.3, -0.25) is 4.98 Å². The summed E-state index contributed by atoms with van der Waals surface area (Å²) < 4.78 is 2.05. The van der Waals surface area contributed by atoms with Gasteiger partial charge < -0.3 is 0 Å². The molecule has 1 aromatic carbocycles. The molecule has 0 radical (unpaired) electrons. The highest BCUT2D eigenvalue weighted by Crippen LogP contribution is 2.31. The molecule has 0 saturated heterocycles. The maximum atomic E-state index is 5.93. The summed E-state index contributed by atoms with van der Waals surface area (Å²) in [5.74, 6) is 0. The van der Waals surface area contributed by atoms with E-state index in [-0.39, 0.29) is 0 Å². The van der Waals surface area contributed by atoms with E-state index in [1.807, 2.05) is 18.2 Å². The minimum Gasteiger partial charge on any atom is -0.254 e. The zero-order chi connectivity index (χ0) is 9.42. The quantitative estimate of drug-likeness (QED) is 0.634. The first-order valence-corrected chi connectivity index (χ1v) is 5.83. The number of pyridine rings is 1. The molecule has 13 heavy (non-hydrogen) atoms. The molecule has 1 aromatic heterocycles. The average Bonchev–Trinajstić information content (AvgIpc) is 2.12. The first kappa shape index (κ1) is 9.68. The predicted molar refractivity (Wildman–Crippen MR) is 67.2 cm³/mol. The van der Waals surface area contributed by atoms with E-state index in [9.17, 15) is 0 Å². The van der Waals surface area contributed by atoms with Gasteiger partial charge in [-0.05, 0) is 44.6 Å². The van der Waals surface area contributed by atoms with Crippen molar-refractivity contribution in [3.8, 4) is 0 Å². The van der Waals surface area contributed by atoms with Gasteiger partial charge in [-0.2, -0.15) is 0 Å². The Balaban J connectivity index is 2.94. The summed E-state index contributed by atoms with van der Waals surface area (Å²) in [5, 5.41) is 1.70. The van der Waals surface area contributed by atoms with E-state index < -0.39 is 0 Å². The van der Waals surface area contributed by atoms with Gasteiger partial charge in [-0.25, -0.2) is 0 Å². The summed E-state index contributed by atoms with van der Waals surface area (Å²) >= 11 is 11.6. The Hall–Kier alpha value is 0.130. The second kappa shape index (κ2) is 3.71. The summed E-state index contributed by atoms with van der Waals surface area (Å²) in [7, 11) is 0. The fraction of sp³-hybridized carbons (Fsp3) is 0. The lowest BCUT2D eigenvalue weighted by Gasteiger charge is -2.02. The molecule has 0 aliphatic carbocycles. The Bertz CT molecular complexity index is 472. The third-order valence-electron chi connectivity index (χ3n) is 1.74. The molecule has 0 N–H and O–H groups in total. The maximum absolute atomic E-state index is 5.93. The number of hydrogen-bond acceptors (Lipinski definition) is 1. The van der Waals surface area contributed by atoms with Gasteiger partial charge in [0, 0.05) is 19.6 Å². The topological polar surface area (TPSA) is 12.9 Å². The summed E-state index contributed by atoms with van der Waals surface area (Å²) in [6.45, 7) is 0. The molecule has 0 aliphatic rings. The van der Waals surface area contributed by atoms with Crippen molar-refractivity contribution in [1.29, 1.82) is 0 Å². The van der Waals surface area contributed by atoms with Crippen LogP contribution < -0.4 is 0 Å². The van der Waals surface area contributed by atoms with Gasteiger partial charge in [0.15, 0.2) is 0 Å². The van der Waals surface area contributed by atoms with Crippen LogP contribution in [0.5, 0.6) is 0 Å². The van der Waals surface area contributed by atoms with Crippen molar-refractivity contribution in [3.05, 3.63) is 37.5 Å². The highest BCUT2D eigenvalue weighted by molar-refractivity contribution is 14.1. The van der Waals surface area contributed by atoms with Crippen LogP contribution >= 0.6 is 50.1 Å². The van der Waals surface area contributed by atoms with Gasteiger partial charge in [0.05, 0.1) is 10.5 Å². The maximum Gasteiger partial charge on any atom is 0.0847 e. The van der Waals surface area contributed by atoms with Crippen LogP contribution in [0, 0.1) is 3.57 Å². The Morgan fingerprint density at radius 3 is 2.92 bits per heavy atom. The Kier molecular flexibility index (Phi) is 2.76. The minimum absolute atomic E-state index is 0.648. The molecular weight excluding hydrogens is 364 g/mol. The molecule has 0 amide bonds. The van der Waals surface area contributed by atoms with Crippen LogP contribution in [0.4, 0.5) is 0 Å². The highest BCUT2D eigenvalue weighted by atomic mass is 127. The number of benzene rings is 1. The molecule has 0 spiro atoms. The number of rotatable bonds is 0. The van der Waals surface area contributed by atoms with E-state index in [1.54, 1.807) is 6.20 Å². The predicted octanol–water partition coefficient (Wildman–Crippen LogP) is 4.26. The van der Waals surface area contributed by atoms with E-state index in [0.29, 0.717) is 5.02 Å². The first-order chi connectivity index (χ1) is 6.20. The summed E-state index contributed by atoms with van der Waals surface area (Å²) in [6.07, 6.45) is 1.66. The summed E-state index contributed by atoms with van der Waals surface area (Å²) in [5.41, 5.74) is 0.986. The lowest BCUT2D eigenvalue weighted by atomic mass is 10.2. The molecule has 1 heterocycles.